The van der Waals surface area contributed by atoms with Crippen LogP contribution in [0.1, 0.15) is 30.9 Å². The van der Waals surface area contributed by atoms with Gasteiger partial charge in [0, 0.05) is 38.4 Å². The van der Waals surface area contributed by atoms with Crippen molar-refractivity contribution in [2.45, 2.75) is 26.3 Å². The summed E-state index contributed by atoms with van der Waals surface area (Å²) in [6.45, 7) is 9.08. The largest absolute Gasteiger partial charge is 0.483 e. The average molecular weight is 382 g/mol. The molecule has 0 saturated carbocycles. The highest BCUT2D eigenvalue weighted by Gasteiger charge is 2.14. The van der Waals surface area contributed by atoms with Gasteiger partial charge in [-0.05, 0) is 42.3 Å². The fourth-order valence-corrected chi connectivity index (χ4v) is 3.37. The minimum atomic E-state index is -0.110. The van der Waals surface area contributed by atoms with Crippen LogP contribution in [0.3, 0.4) is 0 Å². The molecule has 0 aromatic heterocycles. The number of rotatable bonds is 7. The van der Waals surface area contributed by atoms with Crippen molar-refractivity contribution in [2.75, 3.05) is 44.7 Å². The van der Waals surface area contributed by atoms with Crippen molar-refractivity contribution in [1.29, 1.82) is 0 Å². The van der Waals surface area contributed by atoms with Crippen LogP contribution >= 0.6 is 0 Å². The maximum Gasteiger partial charge on any atom is 0.258 e. The molecule has 1 aliphatic rings. The Labute approximate surface area is 168 Å². The van der Waals surface area contributed by atoms with Gasteiger partial charge in [-0.2, -0.15) is 0 Å². The summed E-state index contributed by atoms with van der Waals surface area (Å²) >= 11 is 0. The highest BCUT2D eigenvalue weighted by molar-refractivity contribution is 5.77. The van der Waals surface area contributed by atoms with Crippen LogP contribution in [0.4, 0.5) is 5.69 Å². The molecule has 1 aliphatic heterocycles. The van der Waals surface area contributed by atoms with Crippen LogP contribution in [0.2, 0.25) is 0 Å². The summed E-state index contributed by atoms with van der Waals surface area (Å²) < 4.78 is 5.73. The Morgan fingerprint density at radius 1 is 1.04 bits per heavy atom. The molecule has 0 spiro atoms. The van der Waals surface area contributed by atoms with Gasteiger partial charge in [-0.3, -0.25) is 4.79 Å². The molecule has 28 heavy (non-hydrogen) atoms. The van der Waals surface area contributed by atoms with E-state index in [1.165, 1.54) is 5.69 Å². The van der Waals surface area contributed by atoms with Crippen molar-refractivity contribution < 1.29 is 9.53 Å². The van der Waals surface area contributed by atoms with Gasteiger partial charge in [0.2, 0.25) is 0 Å². The van der Waals surface area contributed by atoms with E-state index in [1.54, 1.807) is 0 Å². The number of piperazine rings is 1. The molecule has 5 nitrogen and oxygen atoms in total. The zero-order valence-corrected chi connectivity index (χ0v) is 17.1. The standard InChI is InChI=1S/C23H31N3O2/c1-18(2)21-6-4-5-7-22(21)28-17-23(27)24-16-19-8-10-20(11-9-19)26-14-12-25(3)13-15-26/h4-11,18H,12-17H2,1-3H3,(H,24,27). The third-order valence-electron chi connectivity index (χ3n) is 5.19. The second-order valence-electron chi connectivity index (χ2n) is 7.71. The van der Waals surface area contributed by atoms with Gasteiger partial charge in [-0.1, -0.05) is 44.2 Å². The van der Waals surface area contributed by atoms with Crippen LogP contribution in [0, 0.1) is 0 Å². The van der Waals surface area contributed by atoms with E-state index < -0.39 is 0 Å². The number of hydrogen-bond donors (Lipinski definition) is 1. The van der Waals surface area contributed by atoms with Crippen molar-refractivity contribution >= 4 is 11.6 Å². The molecular weight excluding hydrogens is 350 g/mol. The van der Waals surface area contributed by atoms with E-state index in [0.717, 1.165) is 43.1 Å². The molecule has 150 valence electrons. The summed E-state index contributed by atoms with van der Waals surface area (Å²) in [6.07, 6.45) is 0. The number of nitrogens with zero attached hydrogens (tertiary/aromatic N) is 2. The minimum Gasteiger partial charge on any atom is -0.483 e. The topological polar surface area (TPSA) is 44.8 Å². The second kappa shape index (κ2) is 9.60. The van der Waals surface area contributed by atoms with Crippen molar-refractivity contribution in [3.8, 4) is 5.75 Å². The van der Waals surface area contributed by atoms with Crippen LogP contribution < -0.4 is 15.0 Å². The van der Waals surface area contributed by atoms with E-state index in [4.69, 9.17) is 4.74 Å². The summed E-state index contributed by atoms with van der Waals surface area (Å²) in [5.74, 6) is 1.03. The van der Waals surface area contributed by atoms with E-state index in [0.29, 0.717) is 12.5 Å². The maximum atomic E-state index is 12.2. The minimum absolute atomic E-state index is 0.0309. The Balaban J connectivity index is 1.46. The summed E-state index contributed by atoms with van der Waals surface area (Å²) in [5, 5.41) is 2.94. The molecule has 1 saturated heterocycles. The van der Waals surface area contributed by atoms with Crippen molar-refractivity contribution in [3.63, 3.8) is 0 Å². The van der Waals surface area contributed by atoms with E-state index in [2.05, 4.69) is 60.3 Å². The van der Waals surface area contributed by atoms with Crippen molar-refractivity contribution in [1.82, 2.24) is 10.2 Å². The van der Waals surface area contributed by atoms with E-state index in [9.17, 15) is 4.79 Å². The first kappa shape index (κ1) is 20.2. The monoisotopic (exact) mass is 381 g/mol. The molecule has 2 aromatic carbocycles. The number of benzene rings is 2. The molecule has 3 rings (SSSR count). The highest BCUT2D eigenvalue weighted by atomic mass is 16.5. The van der Waals surface area contributed by atoms with Gasteiger partial charge in [0.25, 0.3) is 5.91 Å². The molecule has 0 bridgehead atoms. The first-order valence-electron chi connectivity index (χ1n) is 10.0. The SMILES string of the molecule is CC(C)c1ccccc1OCC(=O)NCc1ccc(N2CCN(C)CC2)cc1. The molecule has 1 fully saturated rings. The molecule has 5 heteroatoms. The lowest BCUT2D eigenvalue weighted by Gasteiger charge is -2.34. The van der Waals surface area contributed by atoms with Gasteiger partial charge in [-0.25, -0.2) is 0 Å². The Kier molecular flexibility index (Phi) is 6.93. The third-order valence-corrected chi connectivity index (χ3v) is 5.19. The summed E-state index contributed by atoms with van der Waals surface area (Å²) in [5.41, 5.74) is 3.46. The van der Waals surface area contributed by atoms with Gasteiger partial charge in [0.05, 0.1) is 0 Å². The number of nitrogens with one attached hydrogen (secondary N) is 1. The summed E-state index contributed by atoms with van der Waals surface area (Å²) in [4.78, 5) is 16.9. The van der Waals surface area contributed by atoms with Crippen molar-refractivity contribution in [3.05, 3.63) is 59.7 Å². The Bertz CT molecular complexity index is 766. The fraction of sp³-hybridized carbons (Fsp3) is 0.435. The van der Waals surface area contributed by atoms with E-state index in [1.807, 2.05) is 24.3 Å². The lowest BCUT2D eigenvalue weighted by molar-refractivity contribution is -0.123. The van der Waals surface area contributed by atoms with Gasteiger partial charge < -0.3 is 19.9 Å². The van der Waals surface area contributed by atoms with E-state index >= 15 is 0 Å². The zero-order chi connectivity index (χ0) is 19.9. The van der Waals surface area contributed by atoms with Gasteiger partial charge in [0.1, 0.15) is 5.75 Å². The van der Waals surface area contributed by atoms with Crippen LogP contribution in [-0.2, 0) is 11.3 Å². The van der Waals surface area contributed by atoms with Gasteiger partial charge in [-0.15, -0.1) is 0 Å². The Morgan fingerprint density at radius 2 is 1.71 bits per heavy atom. The summed E-state index contributed by atoms with van der Waals surface area (Å²) in [7, 11) is 2.16. The molecule has 2 aromatic rings. The predicted octanol–water partition coefficient (Wildman–Crippen LogP) is 3.26. The molecule has 0 unspecified atom stereocenters. The van der Waals surface area contributed by atoms with Crippen LogP contribution in [-0.4, -0.2) is 50.6 Å². The van der Waals surface area contributed by atoms with Crippen molar-refractivity contribution in [2.24, 2.45) is 0 Å². The van der Waals surface area contributed by atoms with Crippen LogP contribution in [0.5, 0.6) is 5.75 Å². The normalized spacial score (nSPS) is 14.9. The first-order valence-corrected chi connectivity index (χ1v) is 10.0. The quantitative estimate of drug-likeness (QED) is 0.800. The molecule has 0 radical (unpaired) electrons. The number of carbonyl (C=O) groups excluding carboxylic acids is 1. The lowest BCUT2D eigenvalue weighted by Crippen LogP contribution is -2.44. The maximum absolute atomic E-state index is 12.2. The fourth-order valence-electron chi connectivity index (χ4n) is 3.37. The molecular formula is C23H31N3O2. The predicted molar refractivity (Wildman–Crippen MR) is 114 cm³/mol. The van der Waals surface area contributed by atoms with Gasteiger partial charge >= 0.3 is 0 Å². The number of ether oxygens (including phenoxy) is 1. The number of carbonyl (C=O) groups is 1. The smallest absolute Gasteiger partial charge is 0.258 e. The third kappa shape index (κ3) is 5.49. The van der Waals surface area contributed by atoms with Crippen LogP contribution in [0.15, 0.2) is 48.5 Å². The Morgan fingerprint density at radius 3 is 2.39 bits per heavy atom. The Hall–Kier alpha value is -2.53. The molecule has 0 atom stereocenters. The van der Waals surface area contributed by atoms with E-state index in [-0.39, 0.29) is 12.5 Å². The number of anilines is 1. The summed E-state index contributed by atoms with van der Waals surface area (Å²) in [6, 6.07) is 16.3. The first-order chi connectivity index (χ1) is 13.5. The average Bonchev–Trinajstić information content (AvgIpc) is 2.72. The molecule has 1 heterocycles. The van der Waals surface area contributed by atoms with Gasteiger partial charge in [0.15, 0.2) is 6.61 Å². The highest BCUT2D eigenvalue weighted by Crippen LogP contribution is 2.25. The second-order valence-corrected chi connectivity index (χ2v) is 7.71. The zero-order valence-electron chi connectivity index (χ0n) is 17.1. The number of para-hydroxylation sites is 1. The molecule has 1 amide bonds. The number of hydrogen-bond acceptors (Lipinski definition) is 4. The lowest BCUT2D eigenvalue weighted by atomic mass is 10.0. The van der Waals surface area contributed by atoms with Crippen LogP contribution in [0.25, 0.3) is 0 Å². The molecule has 0 aliphatic carbocycles. The number of amides is 1. The number of likely N-dealkylation sites (N-methyl/N-ethyl adjacent to an activating group) is 1. The molecule has 1 N–H and O–H groups in total.